The molecule has 0 aromatic carbocycles. The number of carbonyl (C=O) groups is 2. The predicted octanol–water partition coefficient (Wildman–Crippen LogP) is 1.94. The van der Waals surface area contributed by atoms with Crippen molar-refractivity contribution in [3.63, 3.8) is 0 Å². The van der Waals surface area contributed by atoms with Crippen LogP contribution in [0.3, 0.4) is 0 Å². The van der Waals surface area contributed by atoms with Gasteiger partial charge in [-0.25, -0.2) is 9.59 Å². The summed E-state index contributed by atoms with van der Waals surface area (Å²) in [4.78, 5) is 27.9. The second-order valence-corrected chi connectivity index (χ2v) is 5.97. The van der Waals surface area contributed by atoms with Crippen molar-refractivity contribution in [1.82, 2.24) is 9.80 Å². The van der Waals surface area contributed by atoms with E-state index >= 15 is 0 Å². The van der Waals surface area contributed by atoms with Crippen LogP contribution in [0.4, 0.5) is 4.79 Å². The number of ether oxygens (including phenoxy) is 1. The molecule has 0 aromatic heterocycles. The lowest BCUT2D eigenvalue weighted by Crippen LogP contribution is -2.59. The summed E-state index contributed by atoms with van der Waals surface area (Å²) in [6, 6.07) is -0.134. The van der Waals surface area contributed by atoms with E-state index in [-0.39, 0.29) is 12.1 Å². The minimum Gasteiger partial charge on any atom is -0.479 e. The number of rotatable bonds is 4. The van der Waals surface area contributed by atoms with Gasteiger partial charge in [0.1, 0.15) is 5.54 Å². The molecule has 0 radical (unpaired) electrons. The smallest absolute Gasteiger partial charge is 0.329 e. The lowest BCUT2D eigenvalue weighted by molar-refractivity contribution is -0.149. The molecule has 2 saturated heterocycles. The van der Waals surface area contributed by atoms with Crippen LogP contribution in [-0.2, 0) is 9.53 Å². The molecular formula is C15H26N2O4. The second kappa shape index (κ2) is 6.64. The van der Waals surface area contributed by atoms with Gasteiger partial charge in [0, 0.05) is 19.6 Å². The first-order valence-corrected chi connectivity index (χ1v) is 7.96. The number of likely N-dealkylation sites (tertiary alicyclic amines) is 1. The Hall–Kier alpha value is -1.30. The maximum absolute atomic E-state index is 12.8. The Morgan fingerprint density at radius 1 is 1.33 bits per heavy atom. The zero-order valence-electron chi connectivity index (χ0n) is 13.0. The van der Waals surface area contributed by atoms with Crippen LogP contribution in [0.25, 0.3) is 0 Å². The fraction of sp³-hybridized carbons (Fsp3) is 0.867. The molecule has 0 saturated carbocycles. The molecule has 2 rings (SSSR count). The summed E-state index contributed by atoms with van der Waals surface area (Å²) in [5, 5.41) is 9.67. The van der Waals surface area contributed by atoms with Gasteiger partial charge in [-0.1, -0.05) is 20.3 Å². The topological polar surface area (TPSA) is 70.1 Å². The highest BCUT2D eigenvalue weighted by atomic mass is 16.5. The Morgan fingerprint density at radius 3 is 2.71 bits per heavy atom. The van der Waals surface area contributed by atoms with Gasteiger partial charge in [-0.3, -0.25) is 0 Å². The van der Waals surface area contributed by atoms with Crippen LogP contribution in [0, 0.1) is 0 Å². The molecule has 21 heavy (non-hydrogen) atoms. The van der Waals surface area contributed by atoms with E-state index in [4.69, 9.17) is 4.74 Å². The molecule has 2 atom stereocenters. The number of urea groups is 1. The molecule has 2 fully saturated rings. The van der Waals surface area contributed by atoms with E-state index in [1.165, 1.54) is 0 Å². The maximum Gasteiger partial charge on any atom is 0.329 e. The first-order chi connectivity index (χ1) is 10.0. The van der Waals surface area contributed by atoms with Crippen LogP contribution in [0.15, 0.2) is 0 Å². The fourth-order valence-corrected chi connectivity index (χ4v) is 3.47. The molecule has 6 heteroatoms. The van der Waals surface area contributed by atoms with Crippen molar-refractivity contribution in [3.05, 3.63) is 0 Å². The van der Waals surface area contributed by atoms with Crippen molar-refractivity contribution >= 4 is 12.0 Å². The fourth-order valence-electron chi connectivity index (χ4n) is 3.47. The third-order valence-corrected chi connectivity index (χ3v) is 4.65. The first-order valence-electron chi connectivity index (χ1n) is 7.96. The van der Waals surface area contributed by atoms with Crippen LogP contribution >= 0.6 is 0 Å². The summed E-state index contributed by atoms with van der Waals surface area (Å²) < 4.78 is 5.59. The van der Waals surface area contributed by atoms with Gasteiger partial charge in [0.15, 0.2) is 0 Å². The number of carbonyl (C=O) groups excluding carboxylic acids is 1. The minimum atomic E-state index is -1.01. The predicted molar refractivity (Wildman–Crippen MR) is 78.2 cm³/mol. The van der Waals surface area contributed by atoms with Crippen LogP contribution in [-0.4, -0.2) is 64.8 Å². The lowest BCUT2D eigenvalue weighted by Gasteiger charge is -2.40. The van der Waals surface area contributed by atoms with Crippen molar-refractivity contribution in [2.75, 3.05) is 26.2 Å². The third-order valence-electron chi connectivity index (χ3n) is 4.65. The number of carboxylic acid groups (broad SMARTS) is 1. The van der Waals surface area contributed by atoms with Crippen molar-refractivity contribution in [2.24, 2.45) is 0 Å². The van der Waals surface area contributed by atoms with E-state index in [0.717, 1.165) is 19.3 Å². The summed E-state index contributed by atoms with van der Waals surface area (Å²) in [5.74, 6) is -0.865. The quantitative estimate of drug-likeness (QED) is 0.861. The summed E-state index contributed by atoms with van der Waals surface area (Å²) in [6.45, 7) is 6.19. The molecule has 2 amide bonds. The van der Waals surface area contributed by atoms with Crippen LogP contribution < -0.4 is 0 Å². The summed E-state index contributed by atoms with van der Waals surface area (Å²) in [7, 11) is 0. The molecule has 0 bridgehead atoms. The molecule has 2 unspecified atom stereocenters. The summed E-state index contributed by atoms with van der Waals surface area (Å²) in [6.07, 6.45) is 3.54. The number of amides is 2. The van der Waals surface area contributed by atoms with Gasteiger partial charge in [-0.15, -0.1) is 0 Å². The van der Waals surface area contributed by atoms with Crippen molar-refractivity contribution in [3.8, 4) is 0 Å². The average molecular weight is 298 g/mol. The largest absolute Gasteiger partial charge is 0.479 e. The van der Waals surface area contributed by atoms with Gasteiger partial charge >= 0.3 is 12.0 Å². The van der Waals surface area contributed by atoms with E-state index in [1.807, 2.05) is 13.8 Å². The second-order valence-electron chi connectivity index (χ2n) is 5.97. The molecule has 0 aliphatic carbocycles. The van der Waals surface area contributed by atoms with Crippen LogP contribution in [0.1, 0.15) is 46.0 Å². The monoisotopic (exact) mass is 298 g/mol. The van der Waals surface area contributed by atoms with E-state index in [0.29, 0.717) is 39.1 Å². The van der Waals surface area contributed by atoms with Crippen molar-refractivity contribution in [1.29, 1.82) is 0 Å². The molecule has 6 nitrogen and oxygen atoms in total. The Morgan fingerprint density at radius 2 is 2.10 bits per heavy atom. The Kier molecular flexibility index (Phi) is 5.08. The summed E-state index contributed by atoms with van der Waals surface area (Å²) in [5.41, 5.74) is -1.01. The normalized spacial score (nSPS) is 29.7. The molecule has 2 aliphatic heterocycles. The zero-order valence-corrected chi connectivity index (χ0v) is 13.0. The number of morpholine rings is 1. The summed E-state index contributed by atoms with van der Waals surface area (Å²) >= 11 is 0. The van der Waals surface area contributed by atoms with E-state index in [2.05, 4.69) is 0 Å². The molecule has 2 aliphatic rings. The van der Waals surface area contributed by atoms with E-state index < -0.39 is 11.5 Å². The third kappa shape index (κ3) is 3.00. The van der Waals surface area contributed by atoms with Gasteiger partial charge in [-0.05, 0) is 25.7 Å². The number of carboxylic acids is 1. The van der Waals surface area contributed by atoms with E-state index in [1.54, 1.807) is 9.80 Å². The van der Waals surface area contributed by atoms with Crippen molar-refractivity contribution < 1.29 is 19.4 Å². The molecule has 120 valence electrons. The van der Waals surface area contributed by atoms with Gasteiger partial charge < -0.3 is 19.6 Å². The van der Waals surface area contributed by atoms with Crippen molar-refractivity contribution in [2.45, 2.75) is 57.6 Å². The molecule has 2 heterocycles. The maximum atomic E-state index is 12.8. The molecule has 1 N–H and O–H groups in total. The van der Waals surface area contributed by atoms with Gasteiger partial charge in [0.25, 0.3) is 0 Å². The number of aliphatic carboxylic acids is 1. The van der Waals surface area contributed by atoms with Crippen LogP contribution in [0.5, 0.6) is 0 Å². The Bertz CT molecular complexity index is 401. The standard InChI is InChI=1S/C15H26N2O4/c1-3-6-15(13(18)19)7-5-8-17(15)14(20)16-9-10-21-12(4-2)11-16/h12H,3-11H2,1-2H3,(H,18,19). The molecule has 0 aromatic rings. The van der Waals surface area contributed by atoms with Crippen LogP contribution in [0.2, 0.25) is 0 Å². The number of hydrogen-bond acceptors (Lipinski definition) is 3. The Labute approximate surface area is 126 Å². The minimum absolute atomic E-state index is 0.0655. The highest BCUT2D eigenvalue weighted by molar-refractivity contribution is 5.87. The number of hydrogen-bond donors (Lipinski definition) is 1. The highest BCUT2D eigenvalue weighted by Crippen LogP contribution is 2.35. The SMILES string of the molecule is CCCC1(C(=O)O)CCCN1C(=O)N1CCOC(CC)C1. The van der Waals surface area contributed by atoms with E-state index in [9.17, 15) is 14.7 Å². The molecular weight excluding hydrogens is 272 g/mol. The molecule has 0 spiro atoms. The highest BCUT2D eigenvalue weighted by Gasteiger charge is 2.50. The Balaban J connectivity index is 2.14. The number of nitrogens with zero attached hydrogens (tertiary/aromatic N) is 2. The van der Waals surface area contributed by atoms with Gasteiger partial charge in [0.05, 0.1) is 12.7 Å². The average Bonchev–Trinajstić information content (AvgIpc) is 2.92. The zero-order chi connectivity index (χ0) is 15.5. The van der Waals surface area contributed by atoms with Gasteiger partial charge in [-0.2, -0.15) is 0 Å². The lowest BCUT2D eigenvalue weighted by atomic mass is 9.91. The van der Waals surface area contributed by atoms with Gasteiger partial charge in [0.2, 0.25) is 0 Å². The first kappa shape index (κ1) is 16.1.